The van der Waals surface area contributed by atoms with Gasteiger partial charge < -0.3 is 5.32 Å². The first kappa shape index (κ1) is 11.6. The molecule has 0 spiro atoms. The first-order valence-corrected chi connectivity index (χ1v) is 6.48. The summed E-state index contributed by atoms with van der Waals surface area (Å²) in [7, 11) is 0. The van der Waals surface area contributed by atoms with Crippen LogP contribution in [-0.2, 0) is 13.1 Å². The van der Waals surface area contributed by atoms with Gasteiger partial charge in [0.25, 0.3) is 0 Å². The fourth-order valence-corrected chi connectivity index (χ4v) is 2.51. The van der Waals surface area contributed by atoms with Crippen LogP contribution >= 0.6 is 11.6 Å². The summed E-state index contributed by atoms with van der Waals surface area (Å²) in [4.78, 5) is 2.37. The van der Waals surface area contributed by atoms with Crippen molar-refractivity contribution in [2.24, 2.45) is 0 Å². The summed E-state index contributed by atoms with van der Waals surface area (Å²) in [5.41, 5.74) is 3.80. The molecule has 18 heavy (non-hydrogen) atoms. The molecule has 2 aromatic carbocycles. The zero-order chi connectivity index (χ0) is 12.4. The summed E-state index contributed by atoms with van der Waals surface area (Å²) in [5.74, 6) is 0. The molecule has 0 aliphatic carbocycles. The van der Waals surface area contributed by atoms with Gasteiger partial charge in [0.1, 0.15) is 0 Å². The molecule has 1 aliphatic heterocycles. The van der Waals surface area contributed by atoms with E-state index in [-0.39, 0.29) is 0 Å². The third-order valence-corrected chi connectivity index (χ3v) is 3.44. The van der Waals surface area contributed by atoms with Crippen molar-refractivity contribution in [3.05, 3.63) is 64.7 Å². The minimum Gasteiger partial charge on any atom is -0.372 e. The number of hydrogen-bond donors (Lipinski definition) is 1. The molecule has 0 unspecified atom stereocenters. The molecule has 0 aromatic heterocycles. The SMILES string of the molecule is Clc1ccc2c(c1)CN(Cc1ccccc1)CN2. The van der Waals surface area contributed by atoms with Gasteiger partial charge in [-0.2, -0.15) is 0 Å². The van der Waals surface area contributed by atoms with Gasteiger partial charge in [-0.05, 0) is 29.3 Å². The predicted molar refractivity (Wildman–Crippen MR) is 75.6 cm³/mol. The van der Waals surface area contributed by atoms with Crippen LogP contribution in [0.4, 0.5) is 5.69 Å². The highest BCUT2D eigenvalue weighted by Crippen LogP contribution is 2.26. The summed E-state index contributed by atoms with van der Waals surface area (Å²) in [6, 6.07) is 16.6. The van der Waals surface area contributed by atoms with Crippen molar-refractivity contribution in [1.29, 1.82) is 0 Å². The van der Waals surface area contributed by atoms with E-state index in [1.807, 2.05) is 18.2 Å². The van der Waals surface area contributed by atoms with Crippen LogP contribution in [0.25, 0.3) is 0 Å². The molecule has 2 aromatic rings. The van der Waals surface area contributed by atoms with Crippen LogP contribution in [0.3, 0.4) is 0 Å². The number of anilines is 1. The normalized spacial score (nSPS) is 14.9. The summed E-state index contributed by atoms with van der Waals surface area (Å²) >= 11 is 6.04. The molecular formula is C15H15ClN2. The Balaban J connectivity index is 1.75. The highest BCUT2D eigenvalue weighted by molar-refractivity contribution is 6.30. The molecule has 3 heteroatoms. The molecule has 2 nitrogen and oxygen atoms in total. The van der Waals surface area contributed by atoms with Crippen LogP contribution in [0, 0.1) is 0 Å². The zero-order valence-corrected chi connectivity index (χ0v) is 10.8. The standard InChI is InChI=1S/C15H15ClN2/c16-14-6-7-15-13(8-14)10-18(11-17-15)9-12-4-2-1-3-5-12/h1-8,17H,9-11H2. The predicted octanol–water partition coefficient (Wildman–Crippen LogP) is 3.73. The van der Waals surface area contributed by atoms with Crippen molar-refractivity contribution in [3.63, 3.8) is 0 Å². The lowest BCUT2D eigenvalue weighted by molar-refractivity contribution is 0.267. The van der Waals surface area contributed by atoms with Crippen LogP contribution in [0.1, 0.15) is 11.1 Å². The van der Waals surface area contributed by atoms with E-state index in [9.17, 15) is 0 Å². The lowest BCUT2D eigenvalue weighted by Crippen LogP contribution is -2.33. The Labute approximate surface area is 112 Å². The Kier molecular flexibility index (Phi) is 3.22. The maximum Gasteiger partial charge on any atom is 0.0684 e. The summed E-state index contributed by atoms with van der Waals surface area (Å²) < 4.78 is 0. The second kappa shape index (κ2) is 5.01. The second-order valence-corrected chi connectivity index (χ2v) is 5.05. The topological polar surface area (TPSA) is 15.3 Å². The lowest BCUT2D eigenvalue weighted by atomic mass is 10.1. The van der Waals surface area contributed by atoms with Crippen molar-refractivity contribution in [2.75, 3.05) is 12.0 Å². The highest BCUT2D eigenvalue weighted by atomic mass is 35.5. The molecule has 1 heterocycles. The molecule has 0 saturated heterocycles. The van der Waals surface area contributed by atoms with E-state index < -0.39 is 0 Å². The average molecular weight is 259 g/mol. The molecular weight excluding hydrogens is 244 g/mol. The van der Waals surface area contributed by atoms with Crippen molar-refractivity contribution in [3.8, 4) is 0 Å². The maximum absolute atomic E-state index is 6.04. The van der Waals surface area contributed by atoms with Crippen LogP contribution in [0.5, 0.6) is 0 Å². The summed E-state index contributed by atoms with van der Waals surface area (Å²) in [5, 5.41) is 4.23. The van der Waals surface area contributed by atoms with Crippen LogP contribution in [0.2, 0.25) is 5.02 Å². The van der Waals surface area contributed by atoms with Gasteiger partial charge in [0.15, 0.2) is 0 Å². The lowest BCUT2D eigenvalue weighted by Gasteiger charge is -2.30. The van der Waals surface area contributed by atoms with Crippen molar-refractivity contribution >= 4 is 17.3 Å². The minimum absolute atomic E-state index is 0.803. The molecule has 0 radical (unpaired) electrons. The van der Waals surface area contributed by atoms with Crippen molar-refractivity contribution in [1.82, 2.24) is 4.90 Å². The van der Waals surface area contributed by atoms with E-state index >= 15 is 0 Å². The number of rotatable bonds is 2. The maximum atomic E-state index is 6.04. The van der Waals surface area contributed by atoms with Crippen LogP contribution in [0.15, 0.2) is 48.5 Å². The van der Waals surface area contributed by atoms with Gasteiger partial charge in [-0.25, -0.2) is 0 Å². The van der Waals surface area contributed by atoms with Gasteiger partial charge in [0.2, 0.25) is 0 Å². The van der Waals surface area contributed by atoms with E-state index in [2.05, 4.69) is 40.5 Å². The molecule has 1 N–H and O–H groups in total. The van der Waals surface area contributed by atoms with Gasteiger partial charge >= 0.3 is 0 Å². The Bertz CT molecular complexity index is 539. The van der Waals surface area contributed by atoms with Gasteiger partial charge in [-0.3, -0.25) is 4.90 Å². The molecule has 92 valence electrons. The quantitative estimate of drug-likeness (QED) is 0.883. The minimum atomic E-state index is 0.803. The molecule has 0 amide bonds. The Morgan fingerprint density at radius 1 is 1.11 bits per heavy atom. The van der Waals surface area contributed by atoms with E-state index in [1.54, 1.807) is 0 Å². The fourth-order valence-electron chi connectivity index (χ4n) is 2.31. The van der Waals surface area contributed by atoms with Crippen LogP contribution in [-0.4, -0.2) is 11.6 Å². The fraction of sp³-hybridized carbons (Fsp3) is 0.200. The van der Waals surface area contributed by atoms with E-state index in [0.717, 1.165) is 24.8 Å². The Morgan fingerprint density at radius 3 is 2.78 bits per heavy atom. The molecule has 0 atom stereocenters. The first-order chi connectivity index (χ1) is 8.81. The number of benzene rings is 2. The second-order valence-electron chi connectivity index (χ2n) is 4.61. The Hall–Kier alpha value is -1.51. The zero-order valence-electron chi connectivity index (χ0n) is 10.1. The molecule has 3 rings (SSSR count). The number of hydrogen-bond acceptors (Lipinski definition) is 2. The first-order valence-electron chi connectivity index (χ1n) is 6.10. The largest absolute Gasteiger partial charge is 0.372 e. The highest BCUT2D eigenvalue weighted by Gasteiger charge is 2.15. The van der Waals surface area contributed by atoms with Gasteiger partial charge in [-0.1, -0.05) is 41.9 Å². The van der Waals surface area contributed by atoms with Crippen LogP contribution < -0.4 is 5.32 Å². The van der Waals surface area contributed by atoms with Gasteiger partial charge in [0, 0.05) is 23.8 Å². The molecule has 0 fully saturated rings. The number of fused-ring (bicyclic) bond motifs is 1. The summed E-state index contributed by atoms with van der Waals surface area (Å²) in [6.45, 7) is 2.78. The number of nitrogens with zero attached hydrogens (tertiary/aromatic N) is 1. The third kappa shape index (κ3) is 2.50. The Morgan fingerprint density at radius 2 is 1.94 bits per heavy atom. The smallest absolute Gasteiger partial charge is 0.0684 e. The molecule has 0 saturated carbocycles. The molecule has 1 aliphatic rings. The number of halogens is 1. The summed E-state index contributed by atoms with van der Waals surface area (Å²) in [6.07, 6.45) is 0. The van der Waals surface area contributed by atoms with Crippen molar-refractivity contribution in [2.45, 2.75) is 13.1 Å². The molecule has 0 bridgehead atoms. The third-order valence-electron chi connectivity index (χ3n) is 3.20. The van der Waals surface area contributed by atoms with Gasteiger partial charge in [-0.15, -0.1) is 0 Å². The van der Waals surface area contributed by atoms with E-state index in [4.69, 9.17) is 11.6 Å². The van der Waals surface area contributed by atoms with Crippen molar-refractivity contribution < 1.29 is 0 Å². The van der Waals surface area contributed by atoms with Gasteiger partial charge in [0.05, 0.1) is 6.67 Å². The average Bonchev–Trinajstić information content (AvgIpc) is 2.39. The van der Waals surface area contributed by atoms with E-state index in [0.29, 0.717) is 0 Å². The monoisotopic (exact) mass is 258 g/mol. The van der Waals surface area contributed by atoms with E-state index in [1.165, 1.54) is 16.8 Å². The number of nitrogens with one attached hydrogen (secondary N) is 1.